The van der Waals surface area contributed by atoms with Gasteiger partial charge in [-0.2, -0.15) is 0 Å². The molecule has 0 saturated heterocycles. The summed E-state index contributed by atoms with van der Waals surface area (Å²) in [7, 11) is 0. The van der Waals surface area contributed by atoms with Crippen molar-refractivity contribution in [1.29, 1.82) is 0 Å². The normalized spacial score (nSPS) is 12.0. The molecule has 0 radical (unpaired) electrons. The van der Waals surface area contributed by atoms with E-state index in [1.807, 2.05) is 37.4 Å². The van der Waals surface area contributed by atoms with Crippen molar-refractivity contribution in [2.24, 2.45) is 0 Å². The van der Waals surface area contributed by atoms with Crippen LogP contribution in [0.4, 0.5) is 5.69 Å². The fourth-order valence-electron chi connectivity index (χ4n) is 2.42. The number of rotatable bonds is 3. The molecule has 110 valence electrons. The van der Waals surface area contributed by atoms with Crippen LogP contribution >= 0.6 is 12.4 Å². The van der Waals surface area contributed by atoms with E-state index in [1.54, 1.807) is 6.20 Å². The molecule has 0 aliphatic carbocycles. The molecule has 0 atom stereocenters. The number of nitrogens with one attached hydrogen (secondary N) is 2. The number of benzene rings is 1. The van der Waals surface area contributed by atoms with E-state index >= 15 is 0 Å². The van der Waals surface area contributed by atoms with Gasteiger partial charge in [-0.25, -0.2) is 0 Å². The summed E-state index contributed by atoms with van der Waals surface area (Å²) in [6.07, 6.45) is 4.54. The summed E-state index contributed by atoms with van der Waals surface area (Å²) in [5, 5.41) is 6.25. The predicted molar refractivity (Wildman–Crippen MR) is 86.0 cm³/mol. The number of halogens is 1. The quantitative estimate of drug-likeness (QED) is 0.916. The van der Waals surface area contributed by atoms with Crippen molar-refractivity contribution in [3.63, 3.8) is 0 Å². The molecule has 1 aliphatic rings. The van der Waals surface area contributed by atoms with E-state index in [2.05, 4.69) is 15.6 Å². The van der Waals surface area contributed by atoms with E-state index in [0.717, 1.165) is 35.3 Å². The van der Waals surface area contributed by atoms with Crippen molar-refractivity contribution < 1.29 is 4.79 Å². The smallest absolute Gasteiger partial charge is 0.251 e. The number of hydrogen-bond acceptors (Lipinski definition) is 3. The van der Waals surface area contributed by atoms with Gasteiger partial charge in [0.2, 0.25) is 0 Å². The molecule has 1 aliphatic heterocycles. The Labute approximate surface area is 130 Å². The average Bonchev–Trinajstić information content (AvgIpc) is 2.93. The van der Waals surface area contributed by atoms with E-state index < -0.39 is 0 Å². The Hall–Kier alpha value is -2.07. The minimum absolute atomic E-state index is 0. The third-order valence-corrected chi connectivity index (χ3v) is 3.65. The number of pyridine rings is 1. The number of carbonyl (C=O) groups excluding carboxylic acids is 1. The summed E-state index contributed by atoms with van der Waals surface area (Å²) < 4.78 is 0. The summed E-state index contributed by atoms with van der Waals surface area (Å²) in [6.45, 7) is 3.48. The van der Waals surface area contributed by atoms with Crippen LogP contribution in [0.1, 0.15) is 27.0 Å². The molecule has 0 bridgehead atoms. The first kappa shape index (κ1) is 15.3. The van der Waals surface area contributed by atoms with E-state index in [-0.39, 0.29) is 18.3 Å². The third kappa shape index (κ3) is 3.34. The first-order chi connectivity index (χ1) is 9.74. The third-order valence-electron chi connectivity index (χ3n) is 3.65. The van der Waals surface area contributed by atoms with Crippen LogP contribution in [0.3, 0.4) is 0 Å². The molecule has 0 saturated carbocycles. The number of hydrogen-bond donors (Lipinski definition) is 2. The van der Waals surface area contributed by atoms with Crippen LogP contribution in [0, 0.1) is 6.92 Å². The summed E-state index contributed by atoms with van der Waals surface area (Å²) in [5.41, 5.74) is 5.27. The van der Waals surface area contributed by atoms with Crippen LogP contribution in [0.15, 0.2) is 36.7 Å². The summed E-state index contributed by atoms with van der Waals surface area (Å²) in [5.74, 6) is -0.0316. The zero-order chi connectivity index (χ0) is 13.9. The molecule has 1 aromatic carbocycles. The van der Waals surface area contributed by atoms with Gasteiger partial charge < -0.3 is 10.6 Å². The van der Waals surface area contributed by atoms with Crippen LogP contribution in [0.25, 0.3) is 0 Å². The van der Waals surface area contributed by atoms with Crippen molar-refractivity contribution in [3.05, 3.63) is 58.9 Å². The number of aromatic nitrogens is 1. The zero-order valence-corrected chi connectivity index (χ0v) is 12.7. The Bertz CT molecular complexity index is 658. The highest BCUT2D eigenvalue weighted by Crippen LogP contribution is 2.22. The van der Waals surface area contributed by atoms with Gasteiger partial charge in [0.15, 0.2) is 0 Å². The highest BCUT2D eigenvalue weighted by Gasteiger charge is 2.13. The summed E-state index contributed by atoms with van der Waals surface area (Å²) in [6, 6.07) is 7.76. The van der Waals surface area contributed by atoms with Crippen LogP contribution in [-0.2, 0) is 13.0 Å². The van der Waals surface area contributed by atoms with Crippen molar-refractivity contribution in [3.8, 4) is 0 Å². The van der Waals surface area contributed by atoms with Gasteiger partial charge in [0.1, 0.15) is 0 Å². The molecule has 2 N–H and O–H groups in total. The SMILES string of the molecule is Cc1cnccc1CNC(=O)c1ccc2c(c1)CCN2.Cl. The minimum Gasteiger partial charge on any atom is -0.384 e. The molecular weight excluding hydrogens is 286 g/mol. The predicted octanol–water partition coefficient (Wildman–Crippen LogP) is 2.71. The Morgan fingerprint density at radius 1 is 1.38 bits per heavy atom. The number of aryl methyl sites for hydroxylation is 1. The second kappa shape index (κ2) is 6.59. The lowest BCUT2D eigenvalue weighted by atomic mass is 10.1. The highest BCUT2D eigenvalue weighted by molar-refractivity contribution is 5.95. The lowest BCUT2D eigenvalue weighted by Gasteiger charge is -2.08. The number of amides is 1. The zero-order valence-electron chi connectivity index (χ0n) is 11.8. The monoisotopic (exact) mass is 303 g/mol. The van der Waals surface area contributed by atoms with Crippen molar-refractivity contribution in [2.75, 3.05) is 11.9 Å². The first-order valence-corrected chi connectivity index (χ1v) is 6.78. The van der Waals surface area contributed by atoms with Gasteiger partial charge in [0.05, 0.1) is 0 Å². The van der Waals surface area contributed by atoms with Gasteiger partial charge in [-0.3, -0.25) is 9.78 Å². The number of nitrogens with zero attached hydrogens (tertiary/aromatic N) is 1. The van der Waals surface area contributed by atoms with Gasteiger partial charge in [0.25, 0.3) is 5.91 Å². The largest absolute Gasteiger partial charge is 0.384 e. The fraction of sp³-hybridized carbons (Fsp3) is 0.250. The number of anilines is 1. The van der Waals surface area contributed by atoms with Crippen molar-refractivity contribution in [2.45, 2.75) is 19.9 Å². The van der Waals surface area contributed by atoms with Crippen LogP contribution in [0.5, 0.6) is 0 Å². The average molecular weight is 304 g/mol. The van der Waals surface area contributed by atoms with Gasteiger partial charge in [-0.05, 0) is 54.3 Å². The van der Waals surface area contributed by atoms with Gasteiger partial charge in [-0.15, -0.1) is 12.4 Å². The van der Waals surface area contributed by atoms with Gasteiger partial charge in [-0.1, -0.05) is 0 Å². The molecule has 0 unspecified atom stereocenters. The lowest BCUT2D eigenvalue weighted by molar-refractivity contribution is 0.0951. The van der Waals surface area contributed by atoms with Crippen molar-refractivity contribution >= 4 is 24.0 Å². The molecular formula is C16H18ClN3O. The number of carbonyl (C=O) groups is 1. The molecule has 21 heavy (non-hydrogen) atoms. The lowest BCUT2D eigenvalue weighted by Crippen LogP contribution is -2.23. The summed E-state index contributed by atoms with van der Waals surface area (Å²) in [4.78, 5) is 16.2. The van der Waals surface area contributed by atoms with E-state index in [0.29, 0.717) is 6.54 Å². The molecule has 3 rings (SSSR count). The van der Waals surface area contributed by atoms with E-state index in [9.17, 15) is 4.79 Å². The summed E-state index contributed by atoms with van der Waals surface area (Å²) >= 11 is 0. The van der Waals surface area contributed by atoms with Gasteiger partial charge in [0, 0.05) is 36.7 Å². The molecule has 0 spiro atoms. The van der Waals surface area contributed by atoms with Crippen LogP contribution in [0.2, 0.25) is 0 Å². The molecule has 2 heterocycles. The maximum absolute atomic E-state index is 12.2. The number of fused-ring (bicyclic) bond motifs is 1. The molecule has 4 nitrogen and oxygen atoms in total. The molecule has 0 fully saturated rings. The molecule has 1 amide bonds. The van der Waals surface area contributed by atoms with E-state index in [1.165, 1.54) is 5.56 Å². The van der Waals surface area contributed by atoms with Gasteiger partial charge >= 0.3 is 0 Å². The second-order valence-corrected chi connectivity index (χ2v) is 5.03. The Kier molecular flexibility index (Phi) is 4.81. The minimum atomic E-state index is -0.0316. The highest BCUT2D eigenvalue weighted by atomic mass is 35.5. The maximum atomic E-state index is 12.2. The Balaban J connectivity index is 0.00000161. The molecule has 2 aromatic rings. The van der Waals surface area contributed by atoms with Crippen LogP contribution < -0.4 is 10.6 Å². The van der Waals surface area contributed by atoms with Crippen molar-refractivity contribution in [1.82, 2.24) is 10.3 Å². The Morgan fingerprint density at radius 3 is 3.05 bits per heavy atom. The van der Waals surface area contributed by atoms with E-state index in [4.69, 9.17) is 0 Å². The maximum Gasteiger partial charge on any atom is 0.251 e. The fourth-order valence-corrected chi connectivity index (χ4v) is 2.42. The Morgan fingerprint density at radius 2 is 2.24 bits per heavy atom. The topological polar surface area (TPSA) is 54.0 Å². The standard InChI is InChI=1S/C16H17N3O.ClH/c1-11-9-17-6-4-14(11)10-19-16(20)13-2-3-15-12(8-13)5-7-18-15;/h2-4,6,8-9,18H,5,7,10H2,1H3,(H,19,20);1H. The van der Waals surface area contributed by atoms with Crippen LogP contribution in [-0.4, -0.2) is 17.4 Å². The molecule has 5 heteroatoms. The molecule has 1 aromatic heterocycles. The first-order valence-electron chi connectivity index (χ1n) is 6.78. The second-order valence-electron chi connectivity index (χ2n) is 5.03.